The van der Waals surface area contributed by atoms with Gasteiger partial charge in [-0.15, -0.1) is 0 Å². The summed E-state index contributed by atoms with van der Waals surface area (Å²) in [6.45, 7) is 7.31. The number of aromatic nitrogens is 1. The van der Waals surface area contributed by atoms with E-state index in [-0.39, 0.29) is 23.1 Å². The average Bonchev–Trinajstić information content (AvgIpc) is 3.07. The second-order valence-electron chi connectivity index (χ2n) is 7.46. The predicted octanol–water partition coefficient (Wildman–Crippen LogP) is 4.81. The third-order valence-electron chi connectivity index (χ3n) is 4.64. The molecule has 0 aliphatic heterocycles. The van der Waals surface area contributed by atoms with Gasteiger partial charge < -0.3 is 15.1 Å². The summed E-state index contributed by atoms with van der Waals surface area (Å²) < 4.78 is 19.7. The first kappa shape index (κ1) is 21.2. The van der Waals surface area contributed by atoms with Crippen LogP contribution < -0.4 is 10.6 Å². The fourth-order valence-corrected chi connectivity index (χ4v) is 3.05. The van der Waals surface area contributed by atoms with Crippen LogP contribution in [0.15, 0.2) is 52.9 Å². The van der Waals surface area contributed by atoms with Crippen LogP contribution in [0.25, 0.3) is 0 Å². The van der Waals surface area contributed by atoms with E-state index in [0.29, 0.717) is 11.4 Å². The minimum absolute atomic E-state index is 0.0659. The molecular formula is C23H24FN3O3. The normalized spacial score (nSPS) is 11.9. The SMILES string of the molecule is Cc1cccc(NC(=O)c2nc([C@H](NC(=O)c3ccccc3F)C(C)C)oc2C)c1. The van der Waals surface area contributed by atoms with Gasteiger partial charge in [0.1, 0.15) is 17.6 Å². The monoisotopic (exact) mass is 409 g/mol. The van der Waals surface area contributed by atoms with Crippen molar-refractivity contribution >= 4 is 17.5 Å². The maximum Gasteiger partial charge on any atom is 0.277 e. The van der Waals surface area contributed by atoms with Crippen molar-refractivity contribution in [1.29, 1.82) is 0 Å². The Hall–Kier alpha value is -3.48. The number of halogens is 1. The van der Waals surface area contributed by atoms with Crippen LogP contribution in [0.3, 0.4) is 0 Å². The molecule has 30 heavy (non-hydrogen) atoms. The molecule has 3 aromatic rings. The molecule has 2 aromatic carbocycles. The highest BCUT2D eigenvalue weighted by atomic mass is 19.1. The fourth-order valence-electron chi connectivity index (χ4n) is 3.05. The van der Waals surface area contributed by atoms with Gasteiger partial charge in [-0.1, -0.05) is 38.1 Å². The lowest BCUT2D eigenvalue weighted by Crippen LogP contribution is -2.32. The number of nitrogens with one attached hydrogen (secondary N) is 2. The maximum atomic E-state index is 14.0. The number of nitrogens with zero attached hydrogens (tertiary/aromatic N) is 1. The summed E-state index contributed by atoms with van der Waals surface area (Å²) in [5, 5.41) is 5.56. The van der Waals surface area contributed by atoms with Crippen molar-refractivity contribution in [2.75, 3.05) is 5.32 Å². The summed E-state index contributed by atoms with van der Waals surface area (Å²) in [5.74, 6) is -1.17. The van der Waals surface area contributed by atoms with Gasteiger partial charge in [-0.2, -0.15) is 0 Å². The van der Waals surface area contributed by atoms with Crippen molar-refractivity contribution in [2.45, 2.75) is 33.7 Å². The van der Waals surface area contributed by atoms with E-state index in [0.717, 1.165) is 5.56 Å². The predicted molar refractivity (Wildman–Crippen MR) is 112 cm³/mol. The topological polar surface area (TPSA) is 84.2 Å². The zero-order valence-corrected chi connectivity index (χ0v) is 17.3. The second kappa shape index (κ2) is 8.90. The van der Waals surface area contributed by atoms with Crippen molar-refractivity contribution in [3.05, 3.63) is 82.8 Å². The molecule has 0 aliphatic carbocycles. The van der Waals surface area contributed by atoms with Gasteiger partial charge in [0.15, 0.2) is 5.69 Å². The molecule has 1 aromatic heterocycles. The maximum absolute atomic E-state index is 14.0. The zero-order valence-electron chi connectivity index (χ0n) is 17.3. The molecule has 7 heteroatoms. The number of benzene rings is 2. The molecule has 0 spiro atoms. The Morgan fingerprint density at radius 1 is 1.03 bits per heavy atom. The standard InChI is InChI=1S/C23H24FN3O3/c1-13(2)19(26-21(28)17-10-5-6-11-18(17)24)23-27-20(15(4)30-23)22(29)25-16-9-7-8-14(3)12-16/h5-13,19H,1-4H3,(H,25,29)(H,26,28)/t19-/m1/s1. The molecule has 0 aliphatic rings. The highest BCUT2D eigenvalue weighted by Gasteiger charge is 2.28. The van der Waals surface area contributed by atoms with Crippen molar-refractivity contribution in [1.82, 2.24) is 10.3 Å². The van der Waals surface area contributed by atoms with Gasteiger partial charge in [0.05, 0.1) is 5.56 Å². The summed E-state index contributed by atoms with van der Waals surface area (Å²) in [4.78, 5) is 29.6. The minimum Gasteiger partial charge on any atom is -0.443 e. The Labute approximate surface area is 174 Å². The summed E-state index contributed by atoms with van der Waals surface area (Å²) in [6, 6.07) is 12.5. The van der Waals surface area contributed by atoms with Gasteiger partial charge >= 0.3 is 0 Å². The molecule has 0 saturated carbocycles. The number of oxazole rings is 1. The van der Waals surface area contributed by atoms with Crippen LogP contribution in [0.2, 0.25) is 0 Å². The molecule has 0 saturated heterocycles. The number of rotatable bonds is 6. The summed E-state index contributed by atoms with van der Waals surface area (Å²) in [5.41, 5.74) is 1.74. The van der Waals surface area contributed by atoms with Crippen molar-refractivity contribution in [3.8, 4) is 0 Å². The fraction of sp³-hybridized carbons (Fsp3) is 0.261. The number of carbonyl (C=O) groups is 2. The Bertz CT molecular complexity index is 1080. The van der Waals surface area contributed by atoms with Crippen molar-refractivity contribution in [2.24, 2.45) is 5.92 Å². The quantitative estimate of drug-likeness (QED) is 0.612. The van der Waals surface area contributed by atoms with Crippen LogP contribution in [-0.4, -0.2) is 16.8 Å². The van der Waals surface area contributed by atoms with E-state index in [4.69, 9.17) is 4.42 Å². The van der Waals surface area contributed by atoms with Crippen molar-refractivity contribution < 1.29 is 18.4 Å². The molecule has 0 unspecified atom stereocenters. The van der Waals surface area contributed by atoms with Gasteiger partial charge in [-0.05, 0) is 49.6 Å². The highest BCUT2D eigenvalue weighted by molar-refractivity contribution is 6.03. The molecule has 1 heterocycles. The number of anilines is 1. The lowest BCUT2D eigenvalue weighted by atomic mass is 10.0. The zero-order chi connectivity index (χ0) is 21.8. The van der Waals surface area contributed by atoms with E-state index in [1.54, 1.807) is 19.1 Å². The molecule has 156 valence electrons. The third-order valence-corrected chi connectivity index (χ3v) is 4.64. The van der Waals surface area contributed by atoms with Crippen LogP contribution in [0, 0.1) is 25.6 Å². The first-order valence-corrected chi connectivity index (χ1v) is 9.67. The van der Waals surface area contributed by atoms with Gasteiger partial charge in [-0.3, -0.25) is 9.59 Å². The van der Waals surface area contributed by atoms with Crippen LogP contribution in [0.5, 0.6) is 0 Å². The van der Waals surface area contributed by atoms with Gasteiger partial charge in [0, 0.05) is 5.69 Å². The molecule has 2 N–H and O–H groups in total. The average molecular weight is 409 g/mol. The second-order valence-corrected chi connectivity index (χ2v) is 7.46. The Balaban J connectivity index is 1.82. The molecule has 0 radical (unpaired) electrons. The lowest BCUT2D eigenvalue weighted by molar-refractivity contribution is 0.0911. The summed E-state index contributed by atoms with van der Waals surface area (Å²) in [7, 11) is 0. The molecule has 2 amide bonds. The first-order chi connectivity index (χ1) is 14.3. The summed E-state index contributed by atoms with van der Waals surface area (Å²) >= 11 is 0. The van der Waals surface area contributed by atoms with E-state index >= 15 is 0 Å². The van der Waals surface area contributed by atoms with Crippen molar-refractivity contribution in [3.63, 3.8) is 0 Å². The number of hydrogen-bond acceptors (Lipinski definition) is 4. The van der Waals surface area contributed by atoms with Gasteiger partial charge in [0.25, 0.3) is 11.8 Å². The largest absolute Gasteiger partial charge is 0.443 e. The molecule has 1 atom stereocenters. The minimum atomic E-state index is -0.628. The van der Waals surface area contributed by atoms with Gasteiger partial charge in [0.2, 0.25) is 5.89 Å². The molecular weight excluding hydrogens is 385 g/mol. The highest BCUT2D eigenvalue weighted by Crippen LogP contribution is 2.25. The number of carbonyl (C=O) groups excluding carboxylic acids is 2. The van der Waals surface area contributed by atoms with E-state index in [1.807, 2.05) is 39.0 Å². The van der Waals surface area contributed by atoms with E-state index in [1.165, 1.54) is 18.2 Å². The third kappa shape index (κ3) is 4.74. The number of amides is 2. The van der Waals surface area contributed by atoms with Crippen LogP contribution >= 0.6 is 0 Å². The van der Waals surface area contributed by atoms with Crippen LogP contribution in [0.4, 0.5) is 10.1 Å². The molecule has 0 fully saturated rings. The summed E-state index contributed by atoms with van der Waals surface area (Å²) in [6.07, 6.45) is 0. The van der Waals surface area contributed by atoms with E-state index in [9.17, 15) is 14.0 Å². The van der Waals surface area contributed by atoms with E-state index < -0.39 is 23.7 Å². The first-order valence-electron chi connectivity index (χ1n) is 9.67. The Kier molecular flexibility index (Phi) is 6.30. The van der Waals surface area contributed by atoms with E-state index in [2.05, 4.69) is 15.6 Å². The van der Waals surface area contributed by atoms with Crippen LogP contribution in [-0.2, 0) is 0 Å². The molecule has 6 nitrogen and oxygen atoms in total. The molecule has 3 rings (SSSR count). The Morgan fingerprint density at radius 2 is 1.77 bits per heavy atom. The smallest absolute Gasteiger partial charge is 0.277 e. The van der Waals surface area contributed by atoms with Gasteiger partial charge in [-0.25, -0.2) is 9.37 Å². The molecule has 0 bridgehead atoms. The number of aryl methyl sites for hydroxylation is 2. The Morgan fingerprint density at radius 3 is 2.43 bits per heavy atom. The van der Waals surface area contributed by atoms with Crippen LogP contribution in [0.1, 0.15) is 58.0 Å². The lowest BCUT2D eigenvalue weighted by Gasteiger charge is -2.19. The number of hydrogen-bond donors (Lipinski definition) is 2.